The summed E-state index contributed by atoms with van der Waals surface area (Å²) in [5.74, 6) is 1.64. The molecule has 0 aliphatic carbocycles. The molecule has 0 saturated carbocycles. The third-order valence-electron chi connectivity index (χ3n) is 2.20. The predicted octanol–water partition coefficient (Wildman–Crippen LogP) is 3.76. The van der Waals surface area contributed by atoms with Gasteiger partial charge in [-0.25, -0.2) is 0 Å². The Labute approximate surface area is 97.9 Å². The fourth-order valence-electron chi connectivity index (χ4n) is 1.30. The van der Waals surface area contributed by atoms with Crippen molar-refractivity contribution < 1.29 is 9.47 Å². The second-order valence-corrected chi connectivity index (χ2v) is 4.81. The summed E-state index contributed by atoms with van der Waals surface area (Å²) in [6.45, 7) is 6.50. The average Bonchev–Trinajstić information content (AvgIpc) is 2.25. The van der Waals surface area contributed by atoms with Gasteiger partial charge in [-0.2, -0.15) is 0 Å². The molecular formula is C14H20O2. The van der Waals surface area contributed by atoms with Gasteiger partial charge in [-0.1, -0.05) is 32.9 Å². The zero-order valence-electron chi connectivity index (χ0n) is 10.7. The number of hydrogen-bond acceptors (Lipinski definition) is 2. The van der Waals surface area contributed by atoms with Crippen molar-refractivity contribution in [2.45, 2.75) is 20.8 Å². The highest BCUT2D eigenvalue weighted by Crippen LogP contribution is 2.27. The van der Waals surface area contributed by atoms with Crippen molar-refractivity contribution in [3.8, 4) is 11.5 Å². The van der Waals surface area contributed by atoms with Crippen LogP contribution in [0, 0.1) is 5.41 Å². The lowest BCUT2D eigenvalue weighted by atomic mass is 9.95. The van der Waals surface area contributed by atoms with Gasteiger partial charge in [0.2, 0.25) is 0 Å². The lowest BCUT2D eigenvalue weighted by Gasteiger charge is -2.12. The molecule has 0 amide bonds. The Bertz CT molecular complexity index is 373. The third-order valence-corrected chi connectivity index (χ3v) is 2.20. The van der Waals surface area contributed by atoms with Crippen LogP contribution in [0.15, 0.2) is 24.3 Å². The second-order valence-electron chi connectivity index (χ2n) is 4.81. The minimum atomic E-state index is 0.172. The molecule has 1 aromatic carbocycles. The number of rotatable bonds is 3. The molecule has 0 N–H and O–H groups in total. The Morgan fingerprint density at radius 3 is 2.25 bits per heavy atom. The topological polar surface area (TPSA) is 18.5 Å². The molecule has 0 aromatic heterocycles. The van der Waals surface area contributed by atoms with Gasteiger partial charge < -0.3 is 9.47 Å². The quantitative estimate of drug-likeness (QED) is 0.772. The van der Waals surface area contributed by atoms with Gasteiger partial charge >= 0.3 is 0 Å². The third kappa shape index (κ3) is 3.61. The summed E-state index contributed by atoms with van der Waals surface area (Å²) in [4.78, 5) is 0. The SMILES string of the molecule is COc1ccc(/C=C\C(C)(C)C)c(OC)c1. The van der Waals surface area contributed by atoms with Crippen LogP contribution in [-0.2, 0) is 0 Å². The maximum atomic E-state index is 5.32. The molecular weight excluding hydrogens is 200 g/mol. The molecule has 0 saturated heterocycles. The van der Waals surface area contributed by atoms with Gasteiger partial charge in [0.25, 0.3) is 0 Å². The monoisotopic (exact) mass is 220 g/mol. The van der Waals surface area contributed by atoms with E-state index < -0.39 is 0 Å². The Morgan fingerprint density at radius 1 is 1.06 bits per heavy atom. The van der Waals surface area contributed by atoms with E-state index in [1.165, 1.54) is 0 Å². The molecule has 0 unspecified atom stereocenters. The molecule has 16 heavy (non-hydrogen) atoms. The minimum Gasteiger partial charge on any atom is -0.497 e. The van der Waals surface area contributed by atoms with Crippen molar-refractivity contribution in [2.24, 2.45) is 5.41 Å². The van der Waals surface area contributed by atoms with Crippen molar-refractivity contribution in [2.75, 3.05) is 14.2 Å². The van der Waals surface area contributed by atoms with Crippen molar-refractivity contribution >= 4 is 6.08 Å². The van der Waals surface area contributed by atoms with E-state index in [0.717, 1.165) is 17.1 Å². The summed E-state index contributed by atoms with van der Waals surface area (Å²) in [5, 5.41) is 0. The van der Waals surface area contributed by atoms with Crippen LogP contribution < -0.4 is 9.47 Å². The smallest absolute Gasteiger partial charge is 0.129 e. The molecule has 0 aliphatic rings. The largest absolute Gasteiger partial charge is 0.497 e. The zero-order chi connectivity index (χ0) is 12.2. The lowest BCUT2D eigenvalue weighted by molar-refractivity contribution is 0.393. The summed E-state index contributed by atoms with van der Waals surface area (Å²) in [6.07, 6.45) is 4.25. The van der Waals surface area contributed by atoms with Crippen molar-refractivity contribution in [1.29, 1.82) is 0 Å². The number of allylic oxidation sites excluding steroid dienone is 1. The highest BCUT2D eigenvalue weighted by Gasteiger charge is 2.06. The van der Waals surface area contributed by atoms with Crippen LogP contribution in [0.5, 0.6) is 11.5 Å². The molecule has 0 radical (unpaired) electrons. The Morgan fingerprint density at radius 2 is 1.75 bits per heavy atom. The Balaban J connectivity index is 3.00. The summed E-state index contributed by atoms with van der Waals surface area (Å²) < 4.78 is 10.5. The highest BCUT2D eigenvalue weighted by atomic mass is 16.5. The van der Waals surface area contributed by atoms with Crippen LogP contribution >= 0.6 is 0 Å². The molecule has 0 atom stereocenters. The maximum Gasteiger partial charge on any atom is 0.129 e. The molecule has 0 spiro atoms. The van der Waals surface area contributed by atoms with Gasteiger partial charge in [-0.3, -0.25) is 0 Å². The Kier molecular flexibility index (Phi) is 3.99. The number of benzene rings is 1. The summed E-state index contributed by atoms with van der Waals surface area (Å²) in [7, 11) is 3.32. The Hall–Kier alpha value is -1.44. The average molecular weight is 220 g/mol. The van der Waals surface area contributed by atoms with Crippen LogP contribution in [0.25, 0.3) is 6.08 Å². The van der Waals surface area contributed by atoms with Gasteiger partial charge in [0.15, 0.2) is 0 Å². The number of hydrogen-bond donors (Lipinski definition) is 0. The van der Waals surface area contributed by atoms with E-state index in [1.807, 2.05) is 18.2 Å². The van der Waals surface area contributed by atoms with Gasteiger partial charge in [-0.05, 0) is 17.5 Å². The van der Waals surface area contributed by atoms with Crippen LogP contribution in [-0.4, -0.2) is 14.2 Å². The minimum absolute atomic E-state index is 0.172. The second kappa shape index (κ2) is 5.06. The van der Waals surface area contributed by atoms with Crippen molar-refractivity contribution in [3.05, 3.63) is 29.8 Å². The van der Waals surface area contributed by atoms with Crippen molar-refractivity contribution in [1.82, 2.24) is 0 Å². The molecule has 0 fully saturated rings. The van der Waals surface area contributed by atoms with E-state index in [9.17, 15) is 0 Å². The lowest BCUT2D eigenvalue weighted by Crippen LogP contribution is -1.98. The van der Waals surface area contributed by atoms with Crippen LogP contribution in [0.3, 0.4) is 0 Å². The normalized spacial score (nSPS) is 11.8. The first-order valence-electron chi connectivity index (χ1n) is 5.37. The van der Waals surface area contributed by atoms with Gasteiger partial charge in [0.05, 0.1) is 14.2 Å². The number of ether oxygens (including phenoxy) is 2. The van der Waals surface area contributed by atoms with Crippen LogP contribution in [0.1, 0.15) is 26.3 Å². The molecule has 2 nitrogen and oxygen atoms in total. The summed E-state index contributed by atoms with van der Waals surface area (Å²) >= 11 is 0. The fourth-order valence-corrected chi connectivity index (χ4v) is 1.30. The van der Waals surface area contributed by atoms with E-state index >= 15 is 0 Å². The highest BCUT2D eigenvalue weighted by molar-refractivity contribution is 5.59. The first-order chi connectivity index (χ1) is 7.46. The standard InChI is InChI=1S/C14H20O2/c1-14(2,3)9-8-11-6-7-12(15-4)10-13(11)16-5/h6-10H,1-5H3/b9-8-. The van der Waals surface area contributed by atoms with Gasteiger partial charge in [0.1, 0.15) is 11.5 Å². The molecule has 1 aromatic rings. The molecule has 0 bridgehead atoms. The first-order valence-corrected chi connectivity index (χ1v) is 5.37. The van der Waals surface area contributed by atoms with E-state index in [4.69, 9.17) is 9.47 Å². The van der Waals surface area contributed by atoms with Gasteiger partial charge in [-0.15, -0.1) is 0 Å². The van der Waals surface area contributed by atoms with Gasteiger partial charge in [0, 0.05) is 11.6 Å². The van der Waals surface area contributed by atoms with Crippen LogP contribution in [0.2, 0.25) is 0 Å². The zero-order valence-corrected chi connectivity index (χ0v) is 10.7. The summed E-state index contributed by atoms with van der Waals surface area (Å²) in [5.41, 5.74) is 1.24. The van der Waals surface area contributed by atoms with Crippen LogP contribution in [0.4, 0.5) is 0 Å². The van der Waals surface area contributed by atoms with Crippen molar-refractivity contribution in [3.63, 3.8) is 0 Å². The first kappa shape index (κ1) is 12.6. The van der Waals surface area contributed by atoms with E-state index in [0.29, 0.717) is 0 Å². The van der Waals surface area contributed by atoms with E-state index in [2.05, 4.69) is 32.9 Å². The number of methoxy groups -OCH3 is 2. The van der Waals surface area contributed by atoms with E-state index in [1.54, 1.807) is 14.2 Å². The molecule has 1 rings (SSSR count). The molecule has 0 heterocycles. The van der Waals surface area contributed by atoms with E-state index in [-0.39, 0.29) is 5.41 Å². The summed E-state index contributed by atoms with van der Waals surface area (Å²) in [6, 6.07) is 5.83. The molecule has 88 valence electrons. The predicted molar refractivity (Wildman–Crippen MR) is 68.0 cm³/mol. The maximum absolute atomic E-state index is 5.32. The fraction of sp³-hybridized carbons (Fsp3) is 0.429. The molecule has 2 heteroatoms. The molecule has 0 aliphatic heterocycles.